The van der Waals surface area contributed by atoms with Crippen molar-refractivity contribution in [1.82, 2.24) is 0 Å². The lowest BCUT2D eigenvalue weighted by atomic mass is 9.85. The molecule has 1 aliphatic rings. The Kier molecular flexibility index (Phi) is 5.26. The minimum atomic E-state index is 0.808. The zero-order valence-electron chi connectivity index (χ0n) is 9.71. The normalized spacial score (nSPS) is 20.6. The number of nitrogens with two attached hydrogens (primary N) is 3. The first-order valence-corrected chi connectivity index (χ1v) is 5.93. The van der Waals surface area contributed by atoms with Crippen LogP contribution in [0.4, 0.5) is 0 Å². The highest BCUT2D eigenvalue weighted by atomic mass is 14.9. The third-order valence-corrected chi connectivity index (χ3v) is 3.15. The molecule has 0 aromatic rings. The summed E-state index contributed by atoms with van der Waals surface area (Å²) in [6, 6.07) is 0. The summed E-state index contributed by atoms with van der Waals surface area (Å²) in [4.78, 5) is 0. The van der Waals surface area contributed by atoms with Crippen LogP contribution in [0.15, 0.2) is 23.7 Å². The van der Waals surface area contributed by atoms with Crippen LogP contribution in [-0.2, 0) is 0 Å². The Morgan fingerprint density at radius 3 is 2.53 bits per heavy atom. The largest absolute Gasteiger partial charge is 0.404 e. The van der Waals surface area contributed by atoms with Crippen molar-refractivity contribution in [2.75, 3.05) is 7.05 Å². The molecule has 0 heterocycles. The highest BCUT2D eigenvalue weighted by molar-refractivity contribution is 5.19. The molecule has 86 valence electrons. The van der Waals surface area contributed by atoms with Crippen LogP contribution in [0.3, 0.4) is 0 Å². The fourth-order valence-corrected chi connectivity index (χ4v) is 2.20. The van der Waals surface area contributed by atoms with Crippen molar-refractivity contribution >= 4 is 0 Å². The smallest absolute Gasteiger partial charge is 0.195 e. The summed E-state index contributed by atoms with van der Waals surface area (Å²) >= 11 is 0. The lowest BCUT2D eigenvalue weighted by molar-refractivity contribution is -0.577. The number of rotatable bonds is 4. The molecule has 3 heteroatoms. The molecule has 1 aliphatic carbocycles. The van der Waals surface area contributed by atoms with Gasteiger partial charge in [0.1, 0.15) is 0 Å². The molecule has 0 unspecified atom stereocenters. The third-order valence-electron chi connectivity index (χ3n) is 3.15. The van der Waals surface area contributed by atoms with E-state index in [1.54, 1.807) is 6.20 Å². The maximum Gasteiger partial charge on any atom is 0.195 e. The SMILES string of the molecule is C[NH2+]C(N)=CC(=CN)CC1CCCCC1. The predicted molar refractivity (Wildman–Crippen MR) is 63.6 cm³/mol. The van der Waals surface area contributed by atoms with Gasteiger partial charge in [-0.1, -0.05) is 32.1 Å². The molecular formula is C12H24N3+. The summed E-state index contributed by atoms with van der Waals surface area (Å²) in [6.07, 6.45) is 11.6. The monoisotopic (exact) mass is 210 g/mol. The van der Waals surface area contributed by atoms with E-state index in [1.165, 1.54) is 37.7 Å². The number of hydrogen-bond donors (Lipinski definition) is 3. The van der Waals surface area contributed by atoms with Crippen LogP contribution >= 0.6 is 0 Å². The first-order chi connectivity index (χ1) is 7.26. The zero-order chi connectivity index (χ0) is 11.1. The van der Waals surface area contributed by atoms with Crippen LogP contribution in [0.5, 0.6) is 0 Å². The second-order valence-corrected chi connectivity index (χ2v) is 4.38. The molecule has 0 amide bonds. The third kappa shape index (κ3) is 4.38. The van der Waals surface area contributed by atoms with Gasteiger partial charge in [-0.3, -0.25) is 0 Å². The average Bonchev–Trinajstić information content (AvgIpc) is 2.29. The Hall–Kier alpha value is -0.960. The van der Waals surface area contributed by atoms with Crippen molar-refractivity contribution in [3.63, 3.8) is 0 Å². The van der Waals surface area contributed by atoms with Gasteiger partial charge < -0.3 is 16.8 Å². The van der Waals surface area contributed by atoms with Crippen LogP contribution in [0, 0.1) is 5.92 Å². The molecule has 0 aromatic carbocycles. The Morgan fingerprint density at radius 2 is 2.00 bits per heavy atom. The molecule has 3 nitrogen and oxygen atoms in total. The molecule has 0 atom stereocenters. The highest BCUT2D eigenvalue weighted by Gasteiger charge is 2.14. The van der Waals surface area contributed by atoms with Gasteiger partial charge in [0.25, 0.3) is 0 Å². The minimum Gasteiger partial charge on any atom is -0.404 e. The van der Waals surface area contributed by atoms with Crippen LogP contribution in [-0.4, -0.2) is 7.05 Å². The molecule has 0 aliphatic heterocycles. The van der Waals surface area contributed by atoms with E-state index in [0.717, 1.165) is 18.2 Å². The fourth-order valence-electron chi connectivity index (χ4n) is 2.20. The molecule has 0 aromatic heterocycles. The Morgan fingerprint density at radius 1 is 1.33 bits per heavy atom. The summed E-state index contributed by atoms with van der Waals surface area (Å²) in [5.41, 5.74) is 12.6. The van der Waals surface area contributed by atoms with E-state index in [9.17, 15) is 0 Å². The van der Waals surface area contributed by atoms with Crippen LogP contribution in [0.1, 0.15) is 38.5 Å². The molecule has 1 rings (SSSR count). The Labute approximate surface area is 92.6 Å². The second-order valence-electron chi connectivity index (χ2n) is 4.38. The van der Waals surface area contributed by atoms with Gasteiger partial charge in [-0.15, -0.1) is 0 Å². The second kappa shape index (κ2) is 6.51. The van der Waals surface area contributed by atoms with Gasteiger partial charge in [0, 0.05) is 6.08 Å². The molecule has 1 saturated carbocycles. The van der Waals surface area contributed by atoms with Crippen molar-refractivity contribution in [1.29, 1.82) is 0 Å². The van der Waals surface area contributed by atoms with Crippen molar-refractivity contribution in [2.45, 2.75) is 38.5 Å². The topological polar surface area (TPSA) is 68.6 Å². The summed E-state index contributed by atoms with van der Waals surface area (Å²) in [5, 5.41) is 1.91. The molecular weight excluding hydrogens is 186 g/mol. The van der Waals surface area contributed by atoms with Crippen molar-refractivity contribution in [3.05, 3.63) is 23.7 Å². The highest BCUT2D eigenvalue weighted by Crippen LogP contribution is 2.28. The van der Waals surface area contributed by atoms with Gasteiger partial charge in [0.2, 0.25) is 0 Å². The van der Waals surface area contributed by atoms with Gasteiger partial charge in [0.15, 0.2) is 5.82 Å². The Balaban J connectivity index is 2.46. The van der Waals surface area contributed by atoms with Gasteiger partial charge in [-0.25, -0.2) is 0 Å². The van der Waals surface area contributed by atoms with Crippen molar-refractivity contribution in [2.24, 2.45) is 17.4 Å². The van der Waals surface area contributed by atoms with E-state index >= 15 is 0 Å². The average molecular weight is 210 g/mol. The maximum atomic E-state index is 5.76. The quantitative estimate of drug-likeness (QED) is 0.601. The number of quaternary nitrogens is 1. The fraction of sp³-hybridized carbons (Fsp3) is 0.667. The minimum absolute atomic E-state index is 0.808. The summed E-state index contributed by atoms with van der Waals surface area (Å²) in [6.45, 7) is 0. The van der Waals surface area contributed by atoms with Crippen LogP contribution < -0.4 is 16.8 Å². The molecule has 1 fully saturated rings. The summed E-state index contributed by atoms with van der Waals surface area (Å²) < 4.78 is 0. The van der Waals surface area contributed by atoms with E-state index in [2.05, 4.69) is 0 Å². The summed E-state index contributed by atoms with van der Waals surface area (Å²) in [5.74, 6) is 1.62. The van der Waals surface area contributed by atoms with E-state index < -0.39 is 0 Å². The maximum absolute atomic E-state index is 5.76. The summed E-state index contributed by atoms with van der Waals surface area (Å²) in [7, 11) is 1.95. The van der Waals surface area contributed by atoms with Crippen molar-refractivity contribution in [3.8, 4) is 0 Å². The molecule has 0 saturated heterocycles. The first kappa shape index (κ1) is 12.1. The first-order valence-electron chi connectivity index (χ1n) is 5.93. The van der Waals surface area contributed by atoms with Crippen molar-refractivity contribution < 1.29 is 5.32 Å². The zero-order valence-corrected chi connectivity index (χ0v) is 9.71. The van der Waals surface area contributed by atoms with Gasteiger partial charge in [0.05, 0.1) is 7.05 Å². The van der Waals surface area contributed by atoms with Gasteiger partial charge >= 0.3 is 0 Å². The standard InChI is InChI=1S/C12H23N3/c1-15-12(14)8-11(9-13)7-10-5-3-2-4-6-10/h8-10,15H,2-7,13-14H2,1H3/p+1. The van der Waals surface area contributed by atoms with E-state index in [1.807, 2.05) is 18.4 Å². The van der Waals surface area contributed by atoms with Gasteiger partial charge in [-0.05, 0) is 24.1 Å². The van der Waals surface area contributed by atoms with Gasteiger partial charge in [-0.2, -0.15) is 0 Å². The van der Waals surface area contributed by atoms with E-state index in [0.29, 0.717) is 0 Å². The predicted octanol–water partition coefficient (Wildman–Crippen LogP) is 0.793. The lowest BCUT2D eigenvalue weighted by Crippen LogP contribution is -2.79. The van der Waals surface area contributed by atoms with Crippen LogP contribution in [0.25, 0.3) is 0 Å². The van der Waals surface area contributed by atoms with E-state index in [-0.39, 0.29) is 0 Å². The van der Waals surface area contributed by atoms with E-state index in [4.69, 9.17) is 11.5 Å². The number of hydrogen-bond acceptors (Lipinski definition) is 2. The molecule has 0 radical (unpaired) electrons. The lowest BCUT2D eigenvalue weighted by Gasteiger charge is -2.21. The van der Waals surface area contributed by atoms with Crippen LogP contribution in [0.2, 0.25) is 0 Å². The molecule has 15 heavy (non-hydrogen) atoms. The number of allylic oxidation sites excluding steroid dienone is 2. The molecule has 0 spiro atoms. The Bertz CT molecular complexity index is 237. The molecule has 6 N–H and O–H groups in total. The molecule has 0 bridgehead atoms.